The molecule has 0 aliphatic rings. The fourth-order valence-electron chi connectivity index (χ4n) is 4.06. The number of aromatic nitrogens is 4. The number of thiophene rings is 1. The Balaban J connectivity index is 1.31. The molecule has 4 aromatic heterocycles. The fraction of sp³-hybridized carbons (Fsp3) is 0.261. The first kappa shape index (κ1) is 20.3. The van der Waals surface area contributed by atoms with Gasteiger partial charge in [-0.15, -0.1) is 11.3 Å². The zero-order valence-corrected chi connectivity index (χ0v) is 18.7. The molecule has 0 fully saturated rings. The second-order valence-corrected chi connectivity index (χ2v) is 8.50. The van der Waals surface area contributed by atoms with Crippen LogP contribution in [0.3, 0.4) is 0 Å². The number of ether oxygens (including phenoxy) is 1. The van der Waals surface area contributed by atoms with Gasteiger partial charge in [-0.3, -0.25) is 14.0 Å². The molecular weight excluding hydrogens is 426 g/mol. The van der Waals surface area contributed by atoms with Crippen molar-refractivity contribution >= 4 is 43.9 Å². The second kappa shape index (κ2) is 8.16. The third-order valence-electron chi connectivity index (χ3n) is 5.66. The molecule has 8 nitrogen and oxygen atoms in total. The van der Waals surface area contributed by atoms with Crippen molar-refractivity contribution in [1.82, 2.24) is 24.5 Å². The monoisotopic (exact) mass is 449 g/mol. The minimum absolute atomic E-state index is 0.108. The molecule has 32 heavy (non-hydrogen) atoms. The summed E-state index contributed by atoms with van der Waals surface area (Å²) < 4.78 is 8.48. The van der Waals surface area contributed by atoms with Crippen molar-refractivity contribution in [1.29, 1.82) is 0 Å². The molecule has 2 N–H and O–H groups in total. The number of fused-ring (bicyclic) bond motifs is 4. The third kappa shape index (κ3) is 3.44. The molecule has 0 saturated carbocycles. The highest BCUT2D eigenvalue weighted by molar-refractivity contribution is 7.16. The summed E-state index contributed by atoms with van der Waals surface area (Å²) >= 11 is 1.58. The fourth-order valence-corrected chi connectivity index (χ4v) is 4.97. The van der Waals surface area contributed by atoms with Crippen molar-refractivity contribution in [2.75, 3.05) is 13.7 Å². The Morgan fingerprint density at radius 3 is 2.97 bits per heavy atom. The van der Waals surface area contributed by atoms with Crippen LogP contribution in [0.4, 0.5) is 0 Å². The number of nitrogens with zero attached hydrogens (tertiary/aromatic N) is 3. The van der Waals surface area contributed by atoms with Gasteiger partial charge in [0.05, 0.1) is 7.11 Å². The first-order valence-corrected chi connectivity index (χ1v) is 11.4. The molecule has 9 heteroatoms. The van der Waals surface area contributed by atoms with Crippen LogP contribution in [0.1, 0.15) is 18.3 Å². The van der Waals surface area contributed by atoms with E-state index in [9.17, 15) is 9.59 Å². The van der Waals surface area contributed by atoms with Crippen LogP contribution in [0, 0.1) is 0 Å². The number of H-pyrrole nitrogens is 1. The highest BCUT2D eigenvalue weighted by Gasteiger charge is 2.16. The number of hydrogen-bond acceptors (Lipinski definition) is 5. The van der Waals surface area contributed by atoms with E-state index in [2.05, 4.69) is 15.4 Å². The number of hydrogen-bond donors (Lipinski definition) is 2. The number of aromatic amines is 1. The van der Waals surface area contributed by atoms with E-state index < -0.39 is 0 Å². The van der Waals surface area contributed by atoms with Gasteiger partial charge in [0.25, 0.3) is 5.56 Å². The predicted octanol–water partition coefficient (Wildman–Crippen LogP) is 3.12. The first-order chi connectivity index (χ1) is 15.6. The molecule has 0 spiro atoms. The van der Waals surface area contributed by atoms with Gasteiger partial charge in [0.1, 0.15) is 28.5 Å². The Kier molecular flexibility index (Phi) is 5.18. The van der Waals surface area contributed by atoms with E-state index in [1.807, 2.05) is 53.2 Å². The van der Waals surface area contributed by atoms with Crippen LogP contribution < -0.4 is 15.6 Å². The number of aryl methyl sites for hydroxylation is 1. The SMILES string of the molecule is CCc1nn(CC(=O)NCCc2c[nH]c3ccc(OC)cc23)c(=O)c2cc3ccsc3n12. The molecule has 0 atom stereocenters. The van der Waals surface area contributed by atoms with Gasteiger partial charge < -0.3 is 15.0 Å². The van der Waals surface area contributed by atoms with Crippen LogP contribution in [0.15, 0.2) is 46.7 Å². The van der Waals surface area contributed by atoms with Gasteiger partial charge in [-0.1, -0.05) is 6.92 Å². The zero-order valence-electron chi connectivity index (χ0n) is 17.8. The van der Waals surface area contributed by atoms with Gasteiger partial charge in [0.15, 0.2) is 0 Å². The van der Waals surface area contributed by atoms with Gasteiger partial charge in [0, 0.05) is 35.5 Å². The van der Waals surface area contributed by atoms with E-state index in [0.29, 0.717) is 24.9 Å². The van der Waals surface area contributed by atoms with Crippen LogP contribution in [-0.2, 0) is 24.2 Å². The van der Waals surface area contributed by atoms with E-state index >= 15 is 0 Å². The number of carbonyl (C=O) groups excluding carboxylic acids is 1. The van der Waals surface area contributed by atoms with Gasteiger partial charge in [-0.05, 0) is 47.7 Å². The highest BCUT2D eigenvalue weighted by Crippen LogP contribution is 2.25. The largest absolute Gasteiger partial charge is 0.497 e. The Labute approximate surface area is 187 Å². The standard InChI is InChI=1S/C23H23N5O3S/c1-3-20-26-27(22(30)19-10-14-7-9-32-23(14)28(19)20)13-21(29)24-8-6-15-12-25-18-5-4-16(31-2)11-17(15)18/h4-5,7,9-12,25H,3,6,8,13H2,1-2H3,(H,24,29). The number of benzene rings is 1. The van der Waals surface area contributed by atoms with Crippen molar-refractivity contribution in [3.63, 3.8) is 0 Å². The van der Waals surface area contributed by atoms with Crippen molar-refractivity contribution in [2.45, 2.75) is 26.3 Å². The van der Waals surface area contributed by atoms with E-state index in [0.717, 1.165) is 38.3 Å². The Morgan fingerprint density at radius 1 is 1.28 bits per heavy atom. The van der Waals surface area contributed by atoms with E-state index in [-0.39, 0.29) is 18.0 Å². The summed E-state index contributed by atoms with van der Waals surface area (Å²) in [6.07, 6.45) is 3.27. The van der Waals surface area contributed by atoms with Gasteiger partial charge in [0.2, 0.25) is 5.91 Å². The van der Waals surface area contributed by atoms with Gasteiger partial charge in [-0.2, -0.15) is 5.10 Å². The number of carbonyl (C=O) groups is 1. The van der Waals surface area contributed by atoms with Crippen molar-refractivity contribution < 1.29 is 9.53 Å². The summed E-state index contributed by atoms with van der Waals surface area (Å²) in [6, 6.07) is 9.72. The van der Waals surface area contributed by atoms with E-state index in [1.54, 1.807) is 18.4 Å². The lowest BCUT2D eigenvalue weighted by atomic mass is 10.1. The van der Waals surface area contributed by atoms with Crippen LogP contribution >= 0.6 is 11.3 Å². The molecule has 5 aromatic rings. The minimum Gasteiger partial charge on any atom is -0.497 e. The normalized spacial score (nSPS) is 11.6. The zero-order chi connectivity index (χ0) is 22.2. The number of methoxy groups -OCH3 is 1. The Hall–Kier alpha value is -3.59. The Morgan fingerprint density at radius 2 is 2.16 bits per heavy atom. The molecule has 5 rings (SSSR count). The highest BCUT2D eigenvalue weighted by atomic mass is 32.1. The molecule has 4 heterocycles. The molecule has 0 bridgehead atoms. The van der Waals surface area contributed by atoms with Gasteiger partial charge in [-0.25, -0.2) is 4.68 Å². The van der Waals surface area contributed by atoms with E-state index in [1.165, 1.54) is 4.68 Å². The molecule has 164 valence electrons. The molecule has 0 saturated heterocycles. The quantitative estimate of drug-likeness (QED) is 0.399. The lowest BCUT2D eigenvalue weighted by Crippen LogP contribution is -2.36. The maximum atomic E-state index is 13.0. The summed E-state index contributed by atoms with van der Waals surface area (Å²) in [4.78, 5) is 29.8. The van der Waals surface area contributed by atoms with Crippen LogP contribution in [0.2, 0.25) is 0 Å². The smallest absolute Gasteiger partial charge is 0.291 e. The number of amides is 1. The first-order valence-electron chi connectivity index (χ1n) is 10.5. The summed E-state index contributed by atoms with van der Waals surface area (Å²) in [5.74, 6) is 1.31. The average Bonchev–Trinajstić information content (AvgIpc) is 3.50. The van der Waals surface area contributed by atoms with Crippen LogP contribution in [0.25, 0.3) is 26.6 Å². The average molecular weight is 450 g/mol. The van der Waals surface area contributed by atoms with E-state index in [4.69, 9.17) is 4.74 Å². The Bertz CT molecular complexity index is 1510. The summed E-state index contributed by atoms with van der Waals surface area (Å²) in [6.45, 7) is 2.34. The molecule has 0 unspecified atom stereocenters. The maximum Gasteiger partial charge on any atom is 0.291 e. The molecule has 0 aliphatic heterocycles. The third-order valence-corrected chi connectivity index (χ3v) is 6.57. The summed E-state index contributed by atoms with van der Waals surface area (Å²) in [5.41, 5.74) is 2.41. The minimum atomic E-state index is -0.260. The van der Waals surface area contributed by atoms with Crippen LogP contribution in [0.5, 0.6) is 5.75 Å². The van der Waals surface area contributed by atoms with Gasteiger partial charge >= 0.3 is 0 Å². The lowest BCUT2D eigenvalue weighted by molar-refractivity contribution is -0.121. The lowest BCUT2D eigenvalue weighted by Gasteiger charge is -2.10. The topological polar surface area (TPSA) is 93.4 Å². The molecule has 0 radical (unpaired) electrons. The van der Waals surface area contributed by atoms with Crippen molar-refractivity contribution in [3.8, 4) is 5.75 Å². The molecule has 1 aromatic carbocycles. The molecule has 1 amide bonds. The molecular formula is C23H23N5O3S. The molecule has 0 aliphatic carbocycles. The second-order valence-electron chi connectivity index (χ2n) is 7.60. The predicted molar refractivity (Wildman–Crippen MR) is 126 cm³/mol. The maximum absolute atomic E-state index is 13.0. The van der Waals surface area contributed by atoms with Crippen molar-refractivity contribution in [2.24, 2.45) is 0 Å². The summed E-state index contributed by atoms with van der Waals surface area (Å²) in [5, 5.41) is 11.5. The number of nitrogens with one attached hydrogen (secondary N) is 2. The van der Waals surface area contributed by atoms with Crippen molar-refractivity contribution in [3.05, 3.63) is 63.7 Å². The number of rotatable bonds is 7. The van der Waals surface area contributed by atoms with Crippen LogP contribution in [-0.4, -0.2) is 38.7 Å². The summed E-state index contributed by atoms with van der Waals surface area (Å²) in [7, 11) is 1.64.